The van der Waals surface area contributed by atoms with Crippen LogP contribution in [-0.4, -0.2) is 30.2 Å². The van der Waals surface area contributed by atoms with Crippen LogP contribution in [0, 0.1) is 11.3 Å². The van der Waals surface area contributed by atoms with Crippen molar-refractivity contribution in [2.45, 2.75) is 25.8 Å². The first-order valence-corrected chi connectivity index (χ1v) is 5.82. The summed E-state index contributed by atoms with van der Waals surface area (Å²) in [7, 11) is 1.32. The molecule has 1 aromatic rings. The summed E-state index contributed by atoms with van der Waals surface area (Å²) in [5.41, 5.74) is 0.252. The predicted molar refractivity (Wildman–Crippen MR) is 68.9 cm³/mol. The molecule has 0 aromatic heterocycles. The van der Waals surface area contributed by atoms with Gasteiger partial charge < -0.3 is 4.74 Å². The molecule has 0 saturated heterocycles. The molecular formula is C14H18N2O2. The number of hydrogen-bond donors (Lipinski definition) is 0. The van der Waals surface area contributed by atoms with E-state index in [2.05, 4.69) is 6.07 Å². The molecule has 0 heterocycles. The molecule has 0 aliphatic carbocycles. The molecule has 0 N–H and O–H groups in total. The van der Waals surface area contributed by atoms with Crippen molar-refractivity contribution in [3.8, 4) is 6.07 Å². The van der Waals surface area contributed by atoms with Crippen LogP contribution in [0.25, 0.3) is 0 Å². The molecule has 4 heteroatoms. The van der Waals surface area contributed by atoms with Crippen LogP contribution in [0.2, 0.25) is 0 Å². The zero-order chi connectivity index (χ0) is 13.6. The number of methoxy groups -OCH3 is 1. The van der Waals surface area contributed by atoms with Gasteiger partial charge in [0.25, 0.3) is 0 Å². The fourth-order valence-electron chi connectivity index (χ4n) is 1.66. The van der Waals surface area contributed by atoms with Gasteiger partial charge in [-0.3, -0.25) is 4.90 Å². The van der Waals surface area contributed by atoms with Crippen LogP contribution >= 0.6 is 0 Å². The van der Waals surface area contributed by atoms with E-state index in [-0.39, 0.29) is 0 Å². The largest absolute Gasteiger partial charge is 0.453 e. The van der Waals surface area contributed by atoms with E-state index in [9.17, 15) is 4.79 Å². The molecule has 18 heavy (non-hydrogen) atoms. The average molecular weight is 246 g/mol. The molecule has 0 atom stereocenters. The van der Waals surface area contributed by atoms with Crippen molar-refractivity contribution >= 4 is 6.09 Å². The van der Waals surface area contributed by atoms with Gasteiger partial charge in [-0.1, -0.05) is 30.3 Å². The van der Waals surface area contributed by atoms with E-state index in [0.29, 0.717) is 13.0 Å². The van der Waals surface area contributed by atoms with E-state index in [0.717, 1.165) is 5.56 Å². The van der Waals surface area contributed by atoms with Crippen molar-refractivity contribution in [3.63, 3.8) is 0 Å². The van der Waals surface area contributed by atoms with E-state index >= 15 is 0 Å². The molecule has 0 fully saturated rings. The third-order valence-electron chi connectivity index (χ3n) is 2.81. The number of carbonyl (C=O) groups excluding carboxylic acids is 1. The van der Waals surface area contributed by atoms with Gasteiger partial charge in [0.1, 0.15) is 5.54 Å². The van der Waals surface area contributed by atoms with Crippen molar-refractivity contribution < 1.29 is 9.53 Å². The fraction of sp³-hybridized carbons (Fsp3) is 0.429. The average Bonchev–Trinajstić information content (AvgIpc) is 2.39. The Morgan fingerprint density at radius 2 is 2.00 bits per heavy atom. The Labute approximate surface area is 108 Å². The van der Waals surface area contributed by atoms with Crippen LogP contribution in [0.3, 0.4) is 0 Å². The Morgan fingerprint density at radius 3 is 2.50 bits per heavy atom. The zero-order valence-corrected chi connectivity index (χ0v) is 11.0. The predicted octanol–water partition coefficient (Wildman–Crippen LogP) is 2.60. The lowest BCUT2D eigenvalue weighted by Crippen LogP contribution is -2.47. The summed E-state index contributed by atoms with van der Waals surface area (Å²) < 4.78 is 4.72. The molecule has 0 spiro atoms. The van der Waals surface area contributed by atoms with Crippen LogP contribution in [0.5, 0.6) is 0 Å². The first kappa shape index (κ1) is 14.0. The number of benzene rings is 1. The van der Waals surface area contributed by atoms with Crippen molar-refractivity contribution in [2.24, 2.45) is 0 Å². The minimum absolute atomic E-state index is 0.456. The van der Waals surface area contributed by atoms with Crippen LogP contribution in [-0.2, 0) is 11.2 Å². The molecular weight excluding hydrogens is 228 g/mol. The second-order valence-electron chi connectivity index (χ2n) is 4.53. The molecule has 1 amide bonds. The molecule has 4 nitrogen and oxygen atoms in total. The first-order chi connectivity index (χ1) is 8.51. The smallest absolute Gasteiger partial charge is 0.410 e. The third kappa shape index (κ3) is 3.49. The maximum atomic E-state index is 11.7. The highest BCUT2D eigenvalue weighted by atomic mass is 16.5. The molecule has 0 saturated carbocycles. The second kappa shape index (κ2) is 6.06. The molecule has 0 bridgehead atoms. The van der Waals surface area contributed by atoms with Crippen LogP contribution in [0.1, 0.15) is 19.4 Å². The highest BCUT2D eigenvalue weighted by Crippen LogP contribution is 2.15. The third-order valence-corrected chi connectivity index (χ3v) is 2.81. The summed E-state index contributed by atoms with van der Waals surface area (Å²) in [6, 6.07) is 12.0. The van der Waals surface area contributed by atoms with Gasteiger partial charge in [0.2, 0.25) is 0 Å². The van der Waals surface area contributed by atoms with E-state index in [1.54, 1.807) is 13.8 Å². The standard InChI is InChI=1S/C14H18N2O2/c1-14(2,11-15)16(13(17)18-3)10-9-12-7-5-4-6-8-12/h4-8H,9-10H2,1-3H3. The molecule has 1 rings (SSSR count). The summed E-state index contributed by atoms with van der Waals surface area (Å²) in [5.74, 6) is 0. The summed E-state index contributed by atoms with van der Waals surface area (Å²) in [5, 5.41) is 9.11. The van der Waals surface area contributed by atoms with Gasteiger partial charge in [-0.2, -0.15) is 5.26 Å². The molecule has 0 aliphatic heterocycles. The Hall–Kier alpha value is -2.02. The van der Waals surface area contributed by atoms with Gasteiger partial charge in [-0.05, 0) is 25.8 Å². The van der Waals surface area contributed by atoms with E-state index in [4.69, 9.17) is 10.00 Å². The number of ether oxygens (including phenoxy) is 1. The maximum absolute atomic E-state index is 11.7. The SMILES string of the molecule is COC(=O)N(CCc1ccccc1)C(C)(C)C#N. The van der Waals surface area contributed by atoms with Gasteiger partial charge in [0.05, 0.1) is 13.2 Å². The Morgan fingerprint density at radius 1 is 1.39 bits per heavy atom. The summed E-state index contributed by atoms with van der Waals surface area (Å²) in [6.07, 6.45) is 0.221. The topological polar surface area (TPSA) is 53.3 Å². The Bertz CT molecular complexity index is 435. The Balaban J connectivity index is 2.75. The maximum Gasteiger partial charge on any atom is 0.410 e. The highest BCUT2D eigenvalue weighted by Gasteiger charge is 2.31. The second-order valence-corrected chi connectivity index (χ2v) is 4.53. The van der Waals surface area contributed by atoms with Gasteiger partial charge in [0, 0.05) is 6.54 Å². The lowest BCUT2D eigenvalue weighted by Gasteiger charge is -2.31. The number of rotatable bonds is 4. The molecule has 1 aromatic carbocycles. The number of carbonyl (C=O) groups is 1. The fourth-order valence-corrected chi connectivity index (χ4v) is 1.66. The van der Waals surface area contributed by atoms with Crippen molar-refractivity contribution in [2.75, 3.05) is 13.7 Å². The number of nitriles is 1. The quantitative estimate of drug-likeness (QED) is 0.820. The van der Waals surface area contributed by atoms with Crippen LogP contribution in [0.15, 0.2) is 30.3 Å². The normalized spacial score (nSPS) is 10.6. The lowest BCUT2D eigenvalue weighted by molar-refractivity contribution is 0.0958. The number of hydrogen-bond acceptors (Lipinski definition) is 3. The number of nitrogens with zero attached hydrogens (tertiary/aromatic N) is 2. The molecule has 96 valence electrons. The van der Waals surface area contributed by atoms with Crippen molar-refractivity contribution in [1.29, 1.82) is 5.26 Å². The number of amides is 1. The minimum Gasteiger partial charge on any atom is -0.453 e. The summed E-state index contributed by atoms with van der Waals surface area (Å²) in [6.45, 7) is 3.86. The van der Waals surface area contributed by atoms with E-state index in [1.807, 2.05) is 30.3 Å². The van der Waals surface area contributed by atoms with E-state index < -0.39 is 11.6 Å². The van der Waals surface area contributed by atoms with Gasteiger partial charge in [0.15, 0.2) is 0 Å². The van der Waals surface area contributed by atoms with Gasteiger partial charge >= 0.3 is 6.09 Å². The van der Waals surface area contributed by atoms with Crippen molar-refractivity contribution in [1.82, 2.24) is 4.90 Å². The van der Waals surface area contributed by atoms with Crippen LogP contribution < -0.4 is 0 Å². The lowest BCUT2D eigenvalue weighted by atomic mass is 10.0. The molecule has 0 aliphatic rings. The summed E-state index contributed by atoms with van der Waals surface area (Å²) in [4.78, 5) is 13.1. The van der Waals surface area contributed by atoms with Gasteiger partial charge in [-0.25, -0.2) is 4.79 Å². The monoisotopic (exact) mass is 246 g/mol. The van der Waals surface area contributed by atoms with Crippen molar-refractivity contribution in [3.05, 3.63) is 35.9 Å². The molecule has 0 radical (unpaired) electrons. The van der Waals surface area contributed by atoms with Gasteiger partial charge in [-0.15, -0.1) is 0 Å². The first-order valence-electron chi connectivity index (χ1n) is 5.82. The minimum atomic E-state index is -0.873. The summed E-state index contributed by atoms with van der Waals surface area (Å²) >= 11 is 0. The van der Waals surface area contributed by atoms with Crippen LogP contribution in [0.4, 0.5) is 4.79 Å². The van der Waals surface area contributed by atoms with E-state index in [1.165, 1.54) is 12.0 Å². The zero-order valence-electron chi connectivity index (χ0n) is 11.0. The molecule has 0 unspecified atom stereocenters. The highest BCUT2D eigenvalue weighted by molar-refractivity contribution is 5.69. The Kier molecular flexibility index (Phi) is 4.73.